The molecule has 0 unspecified atom stereocenters. The molecule has 0 saturated carbocycles. The number of benzene rings is 2. The molecule has 0 bridgehead atoms. The van der Waals surface area contributed by atoms with Gasteiger partial charge in [-0.2, -0.15) is 5.10 Å². The average Bonchev–Trinajstić information content (AvgIpc) is 2.54. The summed E-state index contributed by atoms with van der Waals surface area (Å²) in [6.07, 6.45) is 1.38. The maximum Gasteiger partial charge on any atom is 0.332 e. The Bertz CT molecular complexity index is 766. The van der Waals surface area contributed by atoms with Gasteiger partial charge in [-0.1, -0.05) is 0 Å². The third-order valence-electron chi connectivity index (χ3n) is 2.97. The number of carbonyl (C=O) groups excluding carboxylic acids is 1. The van der Waals surface area contributed by atoms with E-state index in [-0.39, 0.29) is 12.4 Å². The summed E-state index contributed by atoms with van der Waals surface area (Å²) in [6, 6.07) is 7.33. The monoisotopic (exact) mass is 335 g/mol. The molecule has 0 aromatic heterocycles. The molecule has 0 saturated heterocycles. The van der Waals surface area contributed by atoms with Crippen LogP contribution in [-0.4, -0.2) is 19.4 Å². The molecule has 2 amide bonds. The minimum absolute atomic E-state index is 0.00332. The molecule has 0 aliphatic carbocycles. The number of nitrogens with two attached hydrogens (primary N) is 1. The lowest BCUT2D eigenvalue weighted by Gasteiger charge is -2.11. The topological polar surface area (TPSA) is 85.9 Å². The van der Waals surface area contributed by atoms with Crippen molar-refractivity contribution in [2.45, 2.75) is 6.61 Å². The van der Waals surface area contributed by atoms with Crippen molar-refractivity contribution in [1.29, 1.82) is 0 Å². The molecule has 24 heavy (non-hydrogen) atoms. The summed E-state index contributed by atoms with van der Waals surface area (Å²) in [4.78, 5) is 10.6. The van der Waals surface area contributed by atoms with Crippen LogP contribution in [-0.2, 0) is 6.61 Å². The second-order valence-corrected chi connectivity index (χ2v) is 4.67. The summed E-state index contributed by atoms with van der Waals surface area (Å²) in [6.45, 7) is -0.00332. The maximum atomic E-state index is 13.6. The van der Waals surface area contributed by atoms with E-state index < -0.39 is 17.7 Å². The van der Waals surface area contributed by atoms with E-state index in [1.807, 2.05) is 0 Å². The molecule has 0 fully saturated rings. The average molecular weight is 335 g/mol. The fourth-order valence-electron chi connectivity index (χ4n) is 1.91. The van der Waals surface area contributed by atoms with E-state index in [2.05, 4.69) is 10.5 Å². The van der Waals surface area contributed by atoms with E-state index in [0.717, 1.165) is 12.1 Å². The highest BCUT2D eigenvalue weighted by Crippen LogP contribution is 2.23. The largest absolute Gasteiger partial charge is 0.496 e. The van der Waals surface area contributed by atoms with Crippen LogP contribution >= 0.6 is 0 Å². The number of rotatable bonds is 6. The zero-order valence-electron chi connectivity index (χ0n) is 12.8. The van der Waals surface area contributed by atoms with E-state index in [1.165, 1.54) is 19.4 Å². The summed E-state index contributed by atoms with van der Waals surface area (Å²) in [5.74, 6) is -1.03. The Labute approximate surface area is 136 Å². The van der Waals surface area contributed by atoms with Gasteiger partial charge in [0.15, 0.2) is 11.6 Å². The molecule has 0 atom stereocenters. The lowest BCUT2D eigenvalue weighted by molar-refractivity contribution is 0.249. The molecular weight excluding hydrogens is 320 g/mol. The van der Waals surface area contributed by atoms with Crippen molar-refractivity contribution in [1.82, 2.24) is 5.43 Å². The summed E-state index contributed by atoms with van der Waals surface area (Å²) in [7, 11) is 1.49. The predicted octanol–water partition coefficient (Wildman–Crippen LogP) is 2.55. The van der Waals surface area contributed by atoms with Crippen LogP contribution < -0.4 is 20.6 Å². The normalized spacial score (nSPS) is 10.6. The zero-order valence-corrected chi connectivity index (χ0v) is 12.8. The number of primary amides is 1. The summed E-state index contributed by atoms with van der Waals surface area (Å²) >= 11 is 0. The third-order valence-corrected chi connectivity index (χ3v) is 2.97. The molecule has 0 aliphatic heterocycles. The minimum atomic E-state index is -0.794. The molecule has 0 spiro atoms. The quantitative estimate of drug-likeness (QED) is 0.628. The highest BCUT2D eigenvalue weighted by atomic mass is 19.1. The molecule has 8 heteroatoms. The Hall–Kier alpha value is -3.16. The van der Waals surface area contributed by atoms with Gasteiger partial charge in [0.05, 0.1) is 13.3 Å². The molecule has 2 aromatic carbocycles. The minimum Gasteiger partial charge on any atom is -0.496 e. The van der Waals surface area contributed by atoms with Gasteiger partial charge in [0.2, 0.25) is 0 Å². The molecule has 6 nitrogen and oxygen atoms in total. The highest BCUT2D eigenvalue weighted by Gasteiger charge is 2.09. The van der Waals surface area contributed by atoms with Crippen molar-refractivity contribution in [3.63, 3.8) is 0 Å². The number of ether oxygens (including phenoxy) is 2. The van der Waals surface area contributed by atoms with Crippen LogP contribution in [0.25, 0.3) is 0 Å². The Morgan fingerprint density at radius 3 is 2.67 bits per heavy atom. The number of nitrogens with zero attached hydrogens (tertiary/aromatic N) is 1. The van der Waals surface area contributed by atoms with Gasteiger partial charge in [0.1, 0.15) is 18.2 Å². The van der Waals surface area contributed by atoms with Crippen LogP contribution in [0.4, 0.5) is 13.6 Å². The van der Waals surface area contributed by atoms with Crippen LogP contribution in [0.1, 0.15) is 11.1 Å². The summed E-state index contributed by atoms with van der Waals surface area (Å²) in [5, 5.41) is 3.65. The van der Waals surface area contributed by atoms with Crippen molar-refractivity contribution < 1.29 is 23.0 Å². The van der Waals surface area contributed by atoms with Crippen LogP contribution in [0.2, 0.25) is 0 Å². The van der Waals surface area contributed by atoms with Crippen molar-refractivity contribution in [2.75, 3.05) is 7.11 Å². The molecule has 3 N–H and O–H groups in total. The number of nitrogens with one attached hydrogen (secondary N) is 1. The Kier molecular flexibility index (Phi) is 5.67. The lowest BCUT2D eigenvalue weighted by atomic mass is 10.1. The summed E-state index contributed by atoms with van der Waals surface area (Å²) < 4.78 is 37.1. The number of carbonyl (C=O) groups is 1. The van der Waals surface area contributed by atoms with Gasteiger partial charge in [0.25, 0.3) is 0 Å². The Balaban J connectivity index is 2.15. The fourth-order valence-corrected chi connectivity index (χ4v) is 1.91. The van der Waals surface area contributed by atoms with E-state index in [0.29, 0.717) is 16.9 Å². The lowest BCUT2D eigenvalue weighted by Crippen LogP contribution is -2.24. The van der Waals surface area contributed by atoms with E-state index >= 15 is 0 Å². The van der Waals surface area contributed by atoms with Gasteiger partial charge >= 0.3 is 6.03 Å². The molecule has 126 valence electrons. The first-order valence-corrected chi connectivity index (χ1v) is 6.83. The molecule has 0 radical (unpaired) electrons. The number of methoxy groups -OCH3 is 1. The van der Waals surface area contributed by atoms with Crippen LogP contribution in [0.15, 0.2) is 41.5 Å². The number of amides is 2. The van der Waals surface area contributed by atoms with Gasteiger partial charge in [-0.3, -0.25) is 0 Å². The van der Waals surface area contributed by atoms with Gasteiger partial charge in [0, 0.05) is 11.6 Å². The van der Waals surface area contributed by atoms with Gasteiger partial charge < -0.3 is 15.2 Å². The zero-order chi connectivity index (χ0) is 17.5. The first kappa shape index (κ1) is 17.2. The van der Waals surface area contributed by atoms with Gasteiger partial charge in [-0.25, -0.2) is 19.0 Å². The van der Waals surface area contributed by atoms with Crippen molar-refractivity contribution >= 4 is 12.2 Å². The molecule has 0 heterocycles. The summed E-state index contributed by atoms with van der Waals surface area (Å²) in [5.41, 5.74) is 8.23. The maximum absolute atomic E-state index is 13.6. The first-order chi connectivity index (χ1) is 11.5. The number of hydrazone groups is 1. The second-order valence-electron chi connectivity index (χ2n) is 4.67. The van der Waals surface area contributed by atoms with E-state index in [1.54, 1.807) is 18.2 Å². The fraction of sp³-hybridized carbons (Fsp3) is 0.125. The molecule has 2 aromatic rings. The van der Waals surface area contributed by atoms with E-state index in [4.69, 9.17) is 15.2 Å². The highest BCUT2D eigenvalue weighted by molar-refractivity contribution is 5.82. The predicted molar refractivity (Wildman–Crippen MR) is 84.0 cm³/mol. The smallest absolute Gasteiger partial charge is 0.332 e. The standard InChI is InChI=1S/C16H15F2N3O3/c1-23-14-4-2-10(8-20-21-16(19)22)6-11(14)9-24-15-5-3-12(17)7-13(15)18/h2-8H,9H2,1H3,(H3,19,21,22). The van der Waals surface area contributed by atoms with Crippen molar-refractivity contribution in [3.8, 4) is 11.5 Å². The molecule has 2 rings (SSSR count). The Morgan fingerprint density at radius 1 is 1.25 bits per heavy atom. The van der Waals surface area contributed by atoms with E-state index in [9.17, 15) is 13.6 Å². The van der Waals surface area contributed by atoms with Crippen LogP contribution in [0.5, 0.6) is 11.5 Å². The number of urea groups is 1. The van der Waals surface area contributed by atoms with Crippen LogP contribution in [0.3, 0.4) is 0 Å². The van der Waals surface area contributed by atoms with Crippen molar-refractivity contribution in [3.05, 3.63) is 59.2 Å². The second kappa shape index (κ2) is 7.91. The Morgan fingerprint density at radius 2 is 2.00 bits per heavy atom. The van der Waals surface area contributed by atoms with Crippen LogP contribution in [0, 0.1) is 11.6 Å². The van der Waals surface area contributed by atoms with Gasteiger partial charge in [-0.15, -0.1) is 0 Å². The SMILES string of the molecule is COc1ccc(C=NNC(N)=O)cc1COc1ccc(F)cc1F. The number of halogens is 2. The number of hydrogen-bond donors (Lipinski definition) is 2. The molecular formula is C16H15F2N3O3. The van der Waals surface area contributed by atoms with Gasteiger partial charge in [-0.05, 0) is 35.9 Å². The number of hydrogen-bond acceptors (Lipinski definition) is 4. The first-order valence-electron chi connectivity index (χ1n) is 6.83. The third kappa shape index (κ3) is 4.67. The molecule has 0 aliphatic rings. The van der Waals surface area contributed by atoms with Crippen molar-refractivity contribution in [2.24, 2.45) is 10.8 Å².